The number of ketones is 1. The van der Waals surface area contributed by atoms with E-state index in [4.69, 9.17) is 0 Å². The van der Waals surface area contributed by atoms with E-state index in [0.717, 1.165) is 48.5 Å². The van der Waals surface area contributed by atoms with Crippen molar-refractivity contribution >= 4 is 11.5 Å². The summed E-state index contributed by atoms with van der Waals surface area (Å²) in [7, 11) is 0. The maximum Gasteiger partial charge on any atom is 0.165 e. The first-order chi connectivity index (χ1) is 14.4. The molecule has 3 heterocycles. The zero-order chi connectivity index (χ0) is 21.1. The van der Waals surface area contributed by atoms with Gasteiger partial charge in [0.1, 0.15) is 0 Å². The number of anilines is 1. The molecule has 1 aromatic rings. The minimum Gasteiger partial charge on any atom is -0.372 e. The molecule has 2 atom stereocenters. The Kier molecular flexibility index (Phi) is 4.42. The molecule has 4 aliphatic rings. The van der Waals surface area contributed by atoms with E-state index in [1.54, 1.807) is 0 Å². The number of carbonyl (C=O) groups is 1. The second kappa shape index (κ2) is 6.79. The van der Waals surface area contributed by atoms with E-state index < -0.39 is 5.41 Å². The van der Waals surface area contributed by atoms with Crippen molar-refractivity contribution in [2.24, 2.45) is 15.6 Å². The summed E-state index contributed by atoms with van der Waals surface area (Å²) in [5.74, 6) is 0.271. The molecule has 1 aromatic carbocycles. The van der Waals surface area contributed by atoms with Gasteiger partial charge in [0.25, 0.3) is 0 Å². The highest BCUT2D eigenvalue weighted by atomic mass is 16.1. The molecule has 30 heavy (non-hydrogen) atoms. The van der Waals surface area contributed by atoms with Gasteiger partial charge >= 0.3 is 0 Å². The van der Waals surface area contributed by atoms with E-state index in [-0.39, 0.29) is 17.4 Å². The number of carbonyl (C=O) groups excluding carboxylic acids is 1. The Balaban J connectivity index is 1.74. The van der Waals surface area contributed by atoms with Crippen molar-refractivity contribution in [3.05, 3.63) is 52.4 Å². The summed E-state index contributed by atoms with van der Waals surface area (Å²) in [5, 5.41) is 12.6. The Morgan fingerprint density at radius 1 is 1.20 bits per heavy atom. The fraction of sp³-hybridized carbons (Fsp3) is 0.560. The summed E-state index contributed by atoms with van der Waals surface area (Å²) >= 11 is 0. The van der Waals surface area contributed by atoms with Crippen molar-refractivity contribution in [2.75, 3.05) is 18.0 Å². The van der Waals surface area contributed by atoms with Gasteiger partial charge in [-0.2, -0.15) is 10.2 Å². The van der Waals surface area contributed by atoms with Crippen molar-refractivity contribution in [2.45, 2.75) is 71.4 Å². The number of Topliss-reactive ketones (excluding diaryl/α,β-unsaturated/α-hetero) is 1. The summed E-state index contributed by atoms with van der Waals surface area (Å²) in [6.07, 6.45) is 4.63. The number of azo groups is 1. The molecule has 5 nitrogen and oxygen atoms in total. The number of nitrogens with one attached hydrogen (secondary N) is 1. The van der Waals surface area contributed by atoms with E-state index in [9.17, 15) is 4.79 Å². The molecule has 1 aliphatic carbocycles. The highest BCUT2D eigenvalue weighted by Gasteiger charge is 2.53. The first-order valence-corrected chi connectivity index (χ1v) is 11.4. The van der Waals surface area contributed by atoms with Crippen LogP contribution in [0.5, 0.6) is 0 Å². The SMILES string of the molecule is CC[C@]1(c2cccc(N3CCCC3)c2)C2=C(CC(C)(C)CC2=O)NC2N=NC(C)=C21. The van der Waals surface area contributed by atoms with Crippen LogP contribution in [0.4, 0.5) is 5.69 Å². The molecule has 5 rings (SSSR count). The van der Waals surface area contributed by atoms with Crippen LogP contribution in [0.2, 0.25) is 0 Å². The molecule has 0 saturated carbocycles. The van der Waals surface area contributed by atoms with Crippen LogP contribution in [0.1, 0.15) is 65.4 Å². The van der Waals surface area contributed by atoms with E-state index in [2.05, 4.69) is 65.5 Å². The van der Waals surface area contributed by atoms with Crippen LogP contribution in [0.15, 0.2) is 57.0 Å². The number of rotatable bonds is 3. The van der Waals surface area contributed by atoms with Gasteiger partial charge in [-0.15, -0.1) is 0 Å². The second-order valence-corrected chi connectivity index (χ2v) is 10.1. The van der Waals surface area contributed by atoms with Crippen LogP contribution in [0.3, 0.4) is 0 Å². The Hall–Kier alpha value is -2.43. The van der Waals surface area contributed by atoms with Gasteiger partial charge in [0, 0.05) is 42.0 Å². The third-order valence-electron chi connectivity index (χ3n) is 7.40. The van der Waals surface area contributed by atoms with Gasteiger partial charge in [0.2, 0.25) is 0 Å². The fourth-order valence-electron chi connectivity index (χ4n) is 6.15. The van der Waals surface area contributed by atoms with Gasteiger partial charge < -0.3 is 10.2 Å². The van der Waals surface area contributed by atoms with Crippen molar-refractivity contribution in [1.29, 1.82) is 0 Å². The normalized spacial score (nSPS) is 29.9. The Morgan fingerprint density at radius 3 is 2.70 bits per heavy atom. The number of nitrogens with zero attached hydrogens (tertiary/aromatic N) is 3. The van der Waals surface area contributed by atoms with Gasteiger partial charge in [0.15, 0.2) is 11.9 Å². The van der Waals surface area contributed by atoms with Crippen LogP contribution in [0.25, 0.3) is 0 Å². The standard InChI is InChI=1S/C25H32N4O/c1-5-25(17-9-8-10-18(13-17)29-11-6-7-12-29)21-16(2)27-28-23(21)26-19-14-24(3,4)15-20(30)22(19)25/h8-10,13,23,26H,5-7,11-12,14-15H2,1-4H3/t23?,25-/m1/s1. The van der Waals surface area contributed by atoms with Gasteiger partial charge in [-0.3, -0.25) is 4.79 Å². The highest BCUT2D eigenvalue weighted by Crippen LogP contribution is 2.55. The number of fused-ring (bicyclic) bond motifs is 1. The zero-order valence-corrected chi connectivity index (χ0v) is 18.6. The summed E-state index contributed by atoms with van der Waals surface area (Å²) < 4.78 is 0. The molecule has 0 amide bonds. The smallest absolute Gasteiger partial charge is 0.165 e. The number of hydrogen-bond acceptors (Lipinski definition) is 5. The molecule has 158 valence electrons. The molecular formula is C25H32N4O. The molecule has 1 N–H and O–H groups in total. The molecule has 0 bridgehead atoms. The molecule has 0 spiro atoms. The monoisotopic (exact) mass is 404 g/mol. The topological polar surface area (TPSA) is 57.1 Å². The van der Waals surface area contributed by atoms with Crippen LogP contribution >= 0.6 is 0 Å². The molecule has 0 radical (unpaired) electrons. The lowest BCUT2D eigenvalue weighted by molar-refractivity contribution is -0.119. The van der Waals surface area contributed by atoms with E-state index in [1.165, 1.54) is 24.1 Å². The second-order valence-electron chi connectivity index (χ2n) is 10.1. The third-order valence-corrected chi connectivity index (χ3v) is 7.40. The Labute approximate surface area is 179 Å². The van der Waals surface area contributed by atoms with Crippen LogP contribution in [-0.2, 0) is 10.2 Å². The lowest BCUT2D eigenvalue weighted by atomic mass is 9.58. The fourth-order valence-corrected chi connectivity index (χ4v) is 6.15. The highest BCUT2D eigenvalue weighted by molar-refractivity contribution is 6.01. The third kappa shape index (κ3) is 2.78. The molecule has 1 unspecified atom stereocenters. The maximum atomic E-state index is 13.6. The summed E-state index contributed by atoms with van der Waals surface area (Å²) in [6.45, 7) is 10.8. The van der Waals surface area contributed by atoms with E-state index in [1.807, 2.05) is 6.92 Å². The predicted octanol–water partition coefficient (Wildman–Crippen LogP) is 5.25. The molecule has 5 heteroatoms. The van der Waals surface area contributed by atoms with Crippen molar-refractivity contribution in [3.63, 3.8) is 0 Å². The first-order valence-electron chi connectivity index (χ1n) is 11.4. The van der Waals surface area contributed by atoms with Gasteiger partial charge in [-0.25, -0.2) is 0 Å². The minimum atomic E-state index is -0.456. The van der Waals surface area contributed by atoms with Crippen molar-refractivity contribution in [1.82, 2.24) is 5.32 Å². The van der Waals surface area contributed by atoms with Crippen LogP contribution < -0.4 is 10.2 Å². The Bertz CT molecular complexity index is 996. The summed E-state index contributed by atoms with van der Waals surface area (Å²) in [6, 6.07) is 8.91. The number of allylic oxidation sites excluding steroid dienone is 3. The predicted molar refractivity (Wildman–Crippen MR) is 119 cm³/mol. The van der Waals surface area contributed by atoms with E-state index in [0.29, 0.717) is 6.42 Å². The quantitative estimate of drug-likeness (QED) is 0.749. The number of benzene rings is 1. The van der Waals surface area contributed by atoms with Crippen LogP contribution in [0, 0.1) is 5.41 Å². The summed E-state index contributed by atoms with van der Waals surface area (Å²) in [5.41, 5.74) is 6.13. The first kappa shape index (κ1) is 19.5. The minimum absolute atomic E-state index is 0.0359. The van der Waals surface area contributed by atoms with Crippen molar-refractivity contribution in [3.8, 4) is 0 Å². The van der Waals surface area contributed by atoms with E-state index >= 15 is 0 Å². The molecule has 3 aliphatic heterocycles. The Morgan fingerprint density at radius 2 is 1.97 bits per heavy atom. The lowest BCUT2D eigenvalue weighted by Crippen LogP contribution is -2.51. The average molecular weight is 405 g/mol. The number of hydrogen-bond donors (Lipinski definition) is 1. The zero-order valence-electron chi connectivity index (χ0n) is 18.6. The molecule has 1 saturated heterocycles. The van der Waals surface area contributed by atoms with Crippen molar-refractivity contribution < 1.29 is 4.79 Å². The van der Waals surface area contributed by atoms with Crippen LogP contribution in [-0.4, -0.2) is 25.0 Å². The maximum absolute atomic E-state index is 13.6. The molecule has 0 aromatic heterocycles. The van der Waals surface area contributed by atoms with Gasteiger partial charge in [0.05, 0.1) is 11.1 Å². The molecule has 1 fully saturated rings. The average Bonchev–Trinajstić information content (AvgIpc) is 3.36. The van der Waals surface area contributed by atoms with Gasteiger partial charge in [-0.1, -0.05) is 32.9 Å². The summed E-state index contributed by atoms with van der Waals surface area (Å²) in [4.78, 5) is 16.1. The lowest BCUT2D eigenvalue weighted by Gasteiger charge is -2.48. The molecular weight excluding hydrogens is 372 g/mol. The van der Waals surface area contributed by atoms with Gasteiger partial charge in [-0.05, 0) is 55.7 Å². The largest absolute Gasteiger partial charge is 0.372 e.